The average molecular weight is 323 g/mol. The highest BCUT2D eigenvalue weighted by atomic mass is 35.5. The predicted octanol–water partition coefficient (Wildman–Crippen LogP) is 4.59. The zero-order valence-electron chi connectivity index (χ0n) is 11.5. The first kappa shape index (κ1) is 14.7. The summed E-state index contributed by atoms with van der Waals surface area (Å²) < 4.78 is 5.50. The zero-order chi connectivity index (χ0) is 14.8. The van der Waals surface area contributed by atoms with Crippen LogP contribution >= 0.6 is 23.2 Å². The van der Waals surface area contributed by atoms with Gasteiger partial charge in [-0.1, -0.05) is 41.4 Å². The Morgan fingerprint density at radius 2 is 2.00 bits per heavy atom. The molecule has 0 amide bonds. The van der Waals surface area contributed by atoms with Crippen LogP contribution in [0.5, 0.6) is 5.75 Å². The van der Waals surface area contributed by atoms with Gasteiger partial charge in [0.25, 0.3) is 0 Å². The summed E-state index contributed by atoms with van der Waals surface area (Å²) in [5.74, 6) is 0.986. The Kier molecular flexibility index (Phi) is 4.39. The molecule has 0 spiro atoms. The molecule has 0 aliphatic carbocycles. The van der Waals surface area contributed by atoms with Gasteiger partial charge >= 0.3 is 0 Å². The van der Waals surface area contributed by atoms with Gasteiger partial charge in [-0.15, -0.1) is 0 Å². The van der Waals surface area contributed by atoms with E-state index in [1.807, 2.05) is 6.07 Å². The minimum Gasteiger partial charge on any atom is -0.493 e. The van der Waals surface area contributed by atoms with Crippen LogP contribution in [-0.4, -0.2) is 11.7 Å². The van der Waals surface area contributed by atoms with E-state index in [0.717, 1.165) is 30.8 Å². The molecule has 110 valence electrons. The van der Waals surface area contributed by atoms with Crippen LogP contribution in [0.15, 0.2) is 36.4 Å². The Hall–Kier alpha value is -1.22. The fourth-order valence-corrected chi connectivity index (χ4v) is 3.16. The number of aryl methyl sites for hydroxylation is 1. The summed E-state index contributed by atoms with van der Waals surface area (Å²) in [6.45, 7) is 0.766. The number of rotatable bonds is 4. The second kappa shape index (κ2) is 6.27. The van der Waals surface area contributed by atoms with Gasteiger partial charge in [0.15, 0.2) is 0 Å². The number of aliphatic hydroxyl groups is 1. The normalized spacial score (nSPS) is 14.6. The van der Waals surface area contributed by atoms with E-state index in [2.05, 4.69) is 12.1 Å². The number of fused-ring (bicyclic) bond motifs is 1. The maximum absolute atomic E-state index is 10.3. The van der Waals surface area contributed by atoms with Gasteiger partial charge in [-0.25, -0.2) is 0 Å². The van der Waals surface area contributed by atoms with Gasteiger partial charge in [0.1, 0.15) is 5.75 Å². The molecular formula is C17H16Cl2O2. The molecule has 2 aromatic carbocycles. The van der Waals surface area contributed by atoms with Gasteiger partial charge in [-0.05, 0) is 47.7 Å². The second-order valence-corrected chi connectivity index (χ2v) is 6.10. The van der Waals surface area contributed by atoms with E-state index in [0.29, 0.717) is 16.5 Å². The third-order valence-electron chi connectivity index (χ3n) is 3.78. The molecular weight excluding hydrogens is 307 g/mol. The maximum Gasteiger partial charge on any atom is 0.122 e. The molecule has 0 fully saturated rings. The first-order chi connectivity index (χ1) is 10.1. The number of halogens is 2. The van der Waals surface area contributed by atoms with Crippen LogP contribution in [-0.2, 0) is 12.8 Å². The lowest BCUT2D eigenvalue weighted by Gasteiger charge is -2.13. The molecule has 1 N–H and O–H groups in total. The molecule has 0 saturated heterocycles. The number of benzene rings is 2. The van der Waals surface area contributed by atoms with Crippen molar-refractivity contribution in [2.75, 3.05) is 6.61 Å². The van der Waals surface area contributed by atoms with Gasteiger partial charge in [0.2, 0.25) is 0 Å². The predicted molar refractivity (Wildman–Crippen MR) is 85.4 cm³/mol. The number of ether oxygens (including phenoxy) is 1. The van der Waals surface area contributed by atoms with Gasteiger partial charge in [-0.3, -0.25) is 0 Å². The van der Waals surface area contributed by atoms with E-state index in [9.17, 15) is 5.11 Å². The van der Waals surface area contributed by atoms with Crippen LogP contribution in [0.1, 0.15) is 29.2 Å². The molecule has 3 rings (SSSR count). The fraction of sp³-hybridized carbons (Fsp3) is 0.294. The fourth-order valence-electron chi connectivity index (χ4n) is 2.63. The van der Waals surface area contributed by atoms with Crippen molar-refractivity contribution in [2.24, 2.45) is 0 Å². The molecule has 1 atom stereocenters. The Bertz CT molecular complexity index is 655. The molecule has 1 heterocycles. The number of hydrogen-bond acceptors (Lipinski definition) is 2. The van der Waals surface area contributed by atoms with Gasteiger partial charge in [-0.2, -0.15) is 0 Å². The molecule has 1 aliphatic rings. The summed E-state index contributed by atoms with van der Waals surface area (Å²) in [5, 5.41) is 11.4. The number of aliphatic hydroxyl groups excluding tert-OH is 1. The molecule has 2 nitrogen and oxygen atoms in total. The average Bonchev–Trinajstić information content (AvgIpc) is 2.92. The SMILES string of the molecule is OC(CCc1ccc2c(c1)CCO2)c1ccc(Cl)cc1Cl. The molecule has 4 heteroatoms. The van der Waals surface area contributed by atoms with Crippen LogP contribution < -0.4 is 4.74 Å². The van der Waals surface area contributed by atoms with Crippen LogP contribution in [0, 0.1) is 0 Å². The first-order valence-electron chi connectivity index (χ1n) is 7.01. The van der Waals surface area contributed by atoms with Crippen LogP contribution in [0.3, 0.4) is 0 Å². The molecule has 1 unspecified atom stereocenters. The Labute approximate surface area is 134 Å². The lowest BCUT2D eigenvalue weighted by molar-refractivity contribution is 0.168. The summed E-state index contributed by atoms with van der Waals surface area (Å²) in [6.07, 6.45) is 1.81. The van der Waals surface area contributed by atoms with Crippen LogP contribution in [0.25, 0.3) is 0 Å². The van der Waals surface area contributed by atoms with E-state index >= 15 is 0 Å². The van der Waals surface area contributed by atoms with Gasteiger partial charge in [0, 0.05) is 16.5 Å². The molecule has 0 bridgehead atoms. The standard InChI is InChI=1S/C17H16Cl2O2/c18-13-3-4-14(15(19)10-13)16(20)5-1-11-2-6-17-12(9-11)7-8-21-17/h2-4,6,9-10,16,20H,1,5,7-8H2. The van der Waals surface area contributed by atoms with Gasteiger partial charge in [0.05, 0.1) is 12.7 Å². The topological polar surface area (TPSA) is 29.5 Å². The quantitative estimate of drug-likeness (QED) is 0.891. The highest BCUT2D eigenvalue weighted by molar-refractivity contribution is 6.35. The van der Waals surface area contributed by atoms with Crippen molar-refractivity contribution in [3.8, 4) is 5.75 Å². The van der Waals surface area contributed by atoms with Crippen molar-refractivity contribution in [3.63, 3.8) is 0 Å². The smallest absolute Gasteiger partial charge is 0.122 e. The van der Waals surface area contributed by atoms with Crippen molar-refractivity contribution in [1.29, 1.82) is 0 Å². The monoisotopic (exact) mass is 322 g/mol. The lowest BCUT2D eigenvalue weighted by Crippen LogP contribution is -2.01. The summed E-state index contributed by atoms with van der Waals surface area (Å²) >= 11 is 12.0. The van der Waals surface area contributed by atoms with E-state index in [1.54, 1.807) is 18.2 Å². The molecule has 0 aromatic heterocycles. The molecule has 0 saturated carbocycles. The highest BCUT2D eigenvalue weighted by Gasteiger charge is 2.14. The van der Waals surface area contributed by atoms with E-state index in [-0.39, 0.29) is 0 Å². The Balaban J connectivity index is 1.67. The van der Waals surface area contributed by atoms with Crippen molar-refractivity contribution in [2.45, 2.75) is 25.4 Å². The summed E-state index contributed by atoms with van der Waals surface area (Å²) in [6, 6.07) is 11.4. The lowest BCUT2D eigenvalue weighted by atomic mass is 9.99. The minimum absolute atomic E-state index is 0.511. The van der Waals surface area contributed by atoms with Crippen LogP contribution in [0.2, 0.25) is 10.0 Å². The van der Waals surface area contributed by atoms with Crippen molar-refractivity contribution in [1.82, 2.24) is 0 Å². The van der Waals surface area contributed by atoms with E-state index in [4.69, 9.17) is 27.9 Å². The maximum atomic E-state index is 10.3. The molecule has 0 radical (unpaired) electrons. The van der Waals surface area contributed by atoms with E-state index < -0.39 is 6.10 Å². The summed E-state index contributed by atoms with van der Waals surface area (Å²) in [7, 11) is 0. The summed E-state index contributed by atoms with van der Waals surface area (Å²) in [5.41, 5.74) is 3.19. The highest BCUT2D eigenvalue weighted by Crippen LogP contribution is 2.30. The molecule has 1 aliphatic heterocycles. The Morgan fingerprint density at radius 3 is 2.81 bits per heavy atom. The molecule has 2 aromatic rings. The van der Waals surface area contributed by atoms with Gasteiger partial charge < -0.3 is 9.84 Å². The van der Waals surface area contributed by atoms with Crippen LogP contribution in [0.4, 0.5) is 0 Å². The first-order valence-corrected chi connectivity index (χ1v) is 7.76. The van der Waals surface area contributed by atoms with Crippen molar-refractivity contribution >= 4 is 23.2 Å². The van der Waals surface area contributed by atoms with Crippen molar-refractivity contribution < 1.29 is 9.84 Å². The Morgan fingerprint density at radius 1 is 1.14 bits per heavy atom. The van der Waals surface area contributed by atoms with E-state index in [1.165, 1.54) is 11.1 Å². The second-order valence-electron chi connectivity index (χ2n) is 5.26. The summed E-state index contributed by atoms with van der Waals surface area (Å²) in [4.78, 5) is 0. The minimum atomic E-state index is -0.584. The molecule has 21 heavy (non-hydrogen) atoms. The zero-order valence-corrected chi connectivity index (χ0v) is 13.0. The number of hydrogen-bond donors (Lipinski definition) is 1. The largest absolute Gasteiger partial charge is 0.493 e. The van der Waals surface area contributed by atoms with Crippen molar-refractivity contribution in [3.05, 3.63) is 63.1 Å². The third kappa shape index (κ3) is 3.34. The third-order valence-corrected chi connectivity index (χ3v) is 4.34.